The maximum Gasteiger partial charge on any atom is 0.0502 e. The van der Waals surface area contributed by atoms with Gasteiger partial charge in [0.2, 0.25) is 0 Å². The molecule has 0 aliphatic rings. The Morgan fingerprint density at radius 3 is 2.50 bits per heavy atom. The molecule has 1 atom stereocenters. The van der Waals surface area contributed by atoms with Crippen LogP contribution in [0.5, 0.6) is 0 Å². The molecule has 2 rings (SSSR count). The highest BCUT2D eigenvalue weighted by Crippen LogP contribution is 2.24. The van der Waals surface area contributed by atoms with Crippen molar-refractivity contribution < 1.29 is 0 Å². The second kappa shape index (κ2) is 6.14. The monoisotopic (exact) mass is 304 g/mol. The Balaban J connectivity index is 2.23. The molecule has 0 spiro atoms. The van der Waals surface area contributed by atoms with Crippen LogP contribution in [0.2, 0.25) is 0 Å². The molecule has 0 bridgehead atoms. The second-order valence-electron chi connectivity index (χ2n) is 4.41. The van der Waals surface area contributed by atoms with Crippen LogP contribution in [0.3, 0.4) is 0 Å². The Labute approximate surface area is 116 Å². The van der Waals surface area contributed by atoms with E-state index in [1.807, 2.05) is 6.07 Å². The Hall–Kier alpha value is -1.16. The molecule has 0 aromatic heterocycles. The van der Waals surface area contributed by atoms with Crippen molar-refractivity contribution in [1.82, 2.24) is 5.43 Å². The zero-order valence-electron chi connectivity index (χ0n) is 10.4. The van der Waals surface area contributed by atoms with Gasteiger partial charge < -0.3 is 0 Å². The van der Waals surface area contributed by atoms with Gasteiger partial charge >= 0.3 is 0 Å². The predicted molar refractivity (Wildman–Crippen MR) is 79.1 cm³/mol. The van der Waals surface area contributed by atoms with Crippen LogP contribution in [0.25, 0.3) is 0 Å². The summed E-state index contributed by atoms with van der Waals surface area (Å²) in [5.74, 6) is 5.70. The zero-order valence-corrected chi connectivity index (χ0v) is 11.9. The minimum absolute atomic E-state index is 0.139. The molecule has 0 fully saturated rings. The summed E-state index contributed by atoms with van der Waals surface area (Å²) in [6.07, 6.45) is 0.889. The fraction of sp³-hybridized carbons (Fsp3) is 0.200. The summed E-state index contributed by atoms with van der Waals surface area (Å²) in [4.78, 5) is 0. The fourth-order valence-electron chi connectivity index (χ4n) is 2.14. The third-order valence-corrected chi connectivity index (χ3v) is 3.58. The molecule has 0 heterocycles. The Bertz CT molecular complexity index is 511. The lowest BCUT2D eigenvalue weighted by Crippen LogP contribution is -2.30. The molecule has 2 nitrogen and oxygen atoms in total. The molecule has 2 aromatic rings. The maximum atomic E-state index is 5.70. The molecule has 0 amide bonds. The van der Waals surface area contributed by atoms with E-state index in [-0.39, 0.29) is 6.04 Å². The van der Waals surface area contributed by atoms with Crippen molar-refractivity contribution in [2.24, 2.45) is 5.84 Å². The first-order valence-electron chi connectivity index (χ1n) is 5.97. The van der Waals surface area contributed by atoms with Crippen molar-refractivity contribution in [1.29, 1.82) is 0 Å². The van der Waals surface area contributed by atoms with E-state index in [4.69, 9.17) is 5.84 Å². The van der Waals surface area contributed by atoms with Crippen molar-refractivity contribution in [3.8, 4) is 0 Å². The summed E-state index contributed by atoms with van der Waals surface area (Å²) in [7, 11) is 0. The minimum Gasteiger partial charge on any atom is -0.271 e. The van der Waals surface area contributed by atoms with Gasteiger partial charge in [-0.05, 0) is 42.2 Å². The SMILES string of the molecule is Cc1cc(Br)ccc1C(Cc1ccccc1)NN. The molecule has 3 heteroatoms. The molecule has 0 saturated carbocycles. The molecule has 0 aliphatic heterocycles. The zero-order chi connectivity index (χ0) is 13.0. The van der Waals surface area contributed by atoms with Crippen LogP contribution in [0.15, 0.2) is 53.0 Å². The van der Waals surface area contributed by atoms with Crippen LogP contribution in [0.1, 0.15) is 22.7 Å². The minimum atomic E-state index is 0.139. The number of aryl methyl sites for hydroxylation is 1. The molecule has 1 unspecified atom stereocenters. The first kappa shape index (κ1) is 13.3. The van der Waals surface area contributed by atoms with E-state index in [1.165, 1.54) is 16.7 Å². The number of halogens is 1. The quantitative estimate of drug-likeness (QED) is 0.670. The van der Waals surface area contributed by atoms with E-state index in [9.17, 15) is 0 Å². The van der Waals surface area contributed by atoms with Gasteiger partial charge in [-0.25, -0.2) is 0 Å². The van der Waals surface area contributed by atoms with Gasteiger partial charge in [0.05, 0.1) is 6.04 Å². The summed E-state index contributed by atoms with van der Waals surface area (Å²) in [6, 6.07) is 16.8. The molecule has 0 radical (unpaired) electrons. The van der Waals surface area contributed by atoms with Gasteiger partial charge in [-0.2, -0.15) is 0 Å². The van der Waals surface area contributed by atoms with Crippen LogP contribution in [0.4, 0.5) is 0 Å². The Kier molecular flexibility index (Phi) is 4.53. The van der Waals surface area contributed by atoms with Gasteiger partial charge in [-0.3, -0.25) is 11.3 Å². The van der Waals surface area contributed by atoms with Gasteiger partial charge in [-0.1, -0.05) is 52.3 Å². The highest BCUT2D eigenvalue weighted by Gasteiger charge is 2.12. The maximum absolute atomic E-state index is 5.70. The van der Waals surface area contributed by atoms with Crippen molar-refractivity contribution in [3.05, 3.63) is 69.7 Å². The fourth-order valence-corrected chi connectivity index (χ4v) is 2.61. The number of hydrogen-bond acceptors (Lipinski definition) is 2. The molecular weight excluding hydrogens is 288 g/mol. The predicted octanol–water partition coefficient (Wildman–Crippen LogP) is 3.50. The van der Waals surface area contributed by atoms with Crippen molar-refractivity contribution in [2.45, 2.75) is 19.4 Å². The molecule has 94 valence electrons. The standard InChI is InChI=1S/C15H17BrN2/c1-11-9-13(16)7-8-14(11)15(18-17)10-12-5-3-2-4-6-12/h2-9,15,18H,10,17H2,1H3. The smallest absolute Gasteiger partial charge is 0.0502 e. The lowest BCUT2D eigenvalue weighted by atomic mass is 9.96. The van der Waals surface area contributed by atoms with Gasteiger partial charge in [0.1, 0.15) is 0 Å². The lowest BCUT2D eigenvalue weighted by Gasteiger charge is -2.19. The molecule has 3 N–H and O–H groups in total. The van der Waals surface area contributed by atoms with Crippen molar-refractivity contribution >= 4 is 15.9 Å². The molecule has 18 heavy (non-hydrogen) atoms. The third kappa shape index (κ3) is 3.19. The summed E-state index contributed by atoms with van der Waals surface area (Å²) in [5, 5.41) is 0. The van der Waals surface area contributed by atoms with E-state index >= 15 is 0 Å². The summed E-state index contributed by atoms with van der Waals surface area (Å²) >= 11 is 3.48. The first-order valence-corrected chi connectivity index (χ1v) is 6.76. The van der Waals surface area contributed by atoms with Crippen molar-refractivity contribution in [3.63, 3.8) is 0 Å². The summed E-state index contributed by atoms with van der Waals surface area (Å²) in [6.45, 7) is 2.11. The largest absolute Gasteiger partial charge is 0.271 e. The van der Waals surface area contributed by atoms with Crippen LogP contribution < -0.4 is 11.3 Å². The van der Waals surface area contributed by atoms with Gasteiger partial charge in [-0.15, -0.1) is 0 Å². The molecule has 2 aromatic carbocycles. The number of hydrazine groups is 1. The summed E-state index contributed by atoms with van der Waals surface area (Å²) in [5.41, 5.74) is 6.67. The number of nitrogens with two attached hydrogens (primary N) is 1. The number of benzene rings is 2. The number of nitrogens with one attached hydrogen (secondary N) is 1. The van der Waals surface area contributed by atoms with E-state index in [1.54, 1.807) is 0 Å². The normalized spacial score (nSPS) is 12.4. The number of hydrogen-bond donors (Lipinski definition) is 2. The van der Waals surface area contributed by atoms with Gasteiger partial charge in [0.15, 0.2) is 0 Å². The first-order chi connectivity index (χ1) is 8.70. The molecule has 0 aliphatic carbocycles. The van der Waals surface area contributed by atoms with Crippen LogP contribution in [-0.2, 0) is 6.42 Å². The molecular formula is C15H17BrN2. The van der Waals surface area contributed by atoms with E-state index < -0.39 is 0 Å². The van der Waals surface area contributed by atoms with Crippen LogP contribution >= 0.6 is 15.9 Å². The van der Waals surface area contributed by atoms with E-state index in [2.05, 4.69) is 70.7 Å². The second-order valence-corrected chi connectivity index (χ2v) is 5.33. The van der Waals surface area contributed by atoms with Gasteiger partial charge in [0.25, 0.3) is 0 Å². The Morgan fingerprint density at radius 2 is 1.89 bits per heavy atom. The van der Waals surface area contributed by atoms with Gasteiger partial charge in [0, 0.05) is 4.47 Å². The van der Waals surface area contributed by atoms with Crippen molar-refractivity contribution in [2.75, 3.05) is 0 Å². The highest BCUT2D eigenvalue weighted by molar-refractivity contribution is 9.10. The number of rotatable bonds is 4. The highest BCUT2D eigenvalue weighted by atomic mass is 79.9. The van der Waals surface area contributed by atoms with Crippen LogP contribution in [0, 0.1) is 6.92 Å². The average molecular weight is 305 g/mol. The topological polar surface area (TPSA) is 38.0 Å². The van der Waals surface area contributed by atoms with Crippen LogP contribution in [-0.4, -0.2) is 0 Å². The van der Waals surface area contributed by atoms with E-state index in [0.29, 0.717) is 0 Å². The average Bonchev–Trinajstić information content (AvgIpc) is 2.38. The Morgan fingerprint density at radius 1 is 1.17 bits per heavy atom. The third-order valence-electron chi connectivity index (χ3n) is 3.09. The summed E-state index contributed by atoms with van der Waals surface area (Å²) < 4.78 is 1.10. The van der Waals surface area contributed by atoms with E-state index in [0.717, 1.165) is 10.9 Å². The molecule has 0 saturated heterocycles. The lowest BCUT2D eigenvalue weighted by molar-refractivity contribution is 0.549.